The number of nitrogens with zero attached hydrogens (tertiary/aromatic N) is 1. The molecule has 2 atom stereocenters. The molecule has 1 amide bonds. The Morgan fingerprint density at radius 3 is 2.95 bits per heavy atom. The smallest absolute Gasteiger partial charge is 0.254 e. The Bertz CT molecular complexity index is 473. The molecular formula is C17H25NO3. The van der Waals surface area contributed by atoms with Gasteiger partial charge in [-0.2, -0.15) is 0 Å². The van der Waals surface area contributed by atoms with Gasteiger partial charge >= 0.3 is 0 Å². The number of benzene rings is 1. The lowest BCUT2D eigenvalue weighted by molar-refractivity contribution is 0.0607. The van der Waals surface area contributed by atoms with Gasteiger partial charge in [0.25, 0.3) is 5.91 Å². The molecule has 1 heterocycles. The van der Waals surface area contributed by atoms with Gasteiger partial charge in [-0.3, -0.25) is 4.79 Å². The fourth-order valence-electron chi connectivity index (χ4n) is 3.01. The van der Waals surface area contributed by atoms with Crippen molar-refractivity contribution in [3.63, 3.8) is 0 Å². The van der Waals surface area contributed by atoms with Crippen LogP contribution in [0.5, 0.6) is 5.75 Å². The lowest BCUT2D eigenvalue weighted by atomic mass is 10.0. The molecule has 0 saturated carbocycles. The maximum Gasteiger partial charge on any atom is 0.254 e. The highest BCUT2D eigenvalue weighted by Gasteiger charge is 2.27. The second-order valence-corrected chi connectivity index (χ2v) is 5.82. The maximum atomic E-state index is 12.8. The summed E-state index contributed by atoms with van der Waals surface area (Å²) in [5, 5.41) is 9.69. The van der Waals surface area contributed by atoms with Crippen molar-refractivity contribution in [1.29, 1.82) is 0 Å². The second-order valence-electron chi connectivity index (χ2n) is 5.82. The predicted molar refractivity (Wildman–Crippen MR) is 82.6 cm³/mol. The van der Waals surface area contributed by atoms with E-state index in [1.54, 1.807) is 20.1 Å². The highest BCUT2D eigenvalue weighted by molar-refractivity contribution is 5.94. The van der Waals surface area contributed by atoms with Gasteiger partial charge in [0.1, 0.15) is 5.75 Å². The van der Waals surface area contributed by atoms with Crippen LogP contribution in [0.1, 0.15) is 49.4 Å². The molecule has 2 rings (SSSR count). The highest BCUT2D eigenvalue weighted by atomic mass is 16.5. The number of methoxy groups -OCH3 is 1. The number of hydrogen-bond acceptors (Lipinski definition) is 3. The highest BCUT2D eigenvalue weighted by Crippen LogP contribution is 2.23. The third-order valence-corrected chi connectivity index (χ3v) is 4.07. The molecule has 4 nitrogen and oxygen atoms in total. The molecule has 1 saturated heterocycles. The molecule has 1 N–H and O–H groups in total. The molecule has 1 aliphatic heterocycles. The van der Waals surface area contributed by atoms with Crippen LogP contribution in [0.15, 0.2) is 24.3 Å². The van der Waals surface area contributed by atoms with Crippen LogP contribution in [-0.4, -0.2) is 41.7 Å². The van der Waals surface area contributed by atoms with Gasteiger partial charge in [0.05, 0.1) is 13.2 Å². The summed E-state index contributed by atoms with van der Waals surface area (Å²) in [4.78, 5) is 14.7. The van der Waals surface area contributed by atoms with Crippen LogP contribution < -0.4 is 4.74 Å². The van der Waals surface area contributed by atoms with Crippen molar-refractivity contribution in [3.8, 4) is 5.75 Å². The molecule has 21 heavy (non-hydrogen) atoms. The van der Waals surface area contributed by atoms with Gasteiger partial charge in [0.15, 0.2) is 0 Å². The molecule has 2 unspecified atom stereocenters. The molecule has 1 aliphatic rings. The summed E-state index contributed by atoms with van der Waals surface area (Å²) in [6, 6.07) is 7.42. The molecular weight excluding hydrogens is 266 g/mol. The minimum Gasteiger partial charge on any atom is -0.497 e. The van der Waals surface area contributed by atoms with Crippen molar-refractivity contribution in [1.82, 2.24) is 4.90 Å². The summed E-state index contributed by atoms with van der Waals surface area (Å²) in [7, 11) is 1.60. The first-order valence-electron chi connectivity index (χ1n) is 7.75. The summed E-state index contributed by atoms with van der Waals surface area (Å²) in [6.07, 6.45) is 4.55. The van der Waals surface area contributed by atoms with Gasteiger partial charge in [0, 0.05) is 18.2 Å². The number of aliphatic hydroxyl groups is 1. The Hall–Kier alpha value is -1.55. The zero-order valence-electron chi connectivity index (χ0n) is 12.9. The Balaban J connectivity index is 2.19. The quantitative estimate of drug-likeness (QED) is 0.928. The Kier molecular flexibility index (Phi) is 5.62. The van der Waals surface area contributed by atoms with Gasteiger partial charge in [-0.05, 0) is 44.4 Å². The lowest BCUT2D eigenvalue weighted by Crippen LogP contribution is -2.41. The van der Waals surface area contributed by atoms with Crippen molar-refractivity contribution in [2.24, 2.45) is 0 Å². The van der Waals surface area contributed by atoms with E-state index in [9.17, 15) is 9.90 Å². The largest absolute Gasteiger partial charge is 0.497 e. The molecule has 0 bridgehead atoms. The minimum absolute atomic E-state index is 0.0430. The first-order valence-corrected chi connectivity index (χ1v) is 7.75. The van der Waals surface area contributed by atoms with Crippen molar-refractivity contribution in [3.05, 3.63) is 29.8 Å². The lowest BCUT2D eigenvalue weighted by Gasteiger charge is -2.31. The third-order valence-electron chi connectivity index (χ3n) is 4.07. The number of rotatable bonds is 4. The van der Waals surface area contributed by atoms with E-state index in [0.29, 0.717) is 17.7 Å². The van der Waals surface area contributed by atoms with E-state index in [1.165, 1.54) is 0 Å². The van der Waals surface area contributed by atoms with E-state index in [-0.39, 0.29) is 18.1 Å². The van der Waals surface area contributed by atoms with E-state index >= 15 is 0 Å². The van der Waals surface area contributed by atoms with Crippen LogP contribution in [0.3, 0.4) is 0 Å². The molecule has 116 valence electrons. The second kappa shape index (κ2) is 7.46. The monoisotopic (exact) mass is 291 g/mol. The zero-order valence-corrected chi connectivity index (χ0v) is 12.9. The van der Waals surface area contributed by atoms with Crippen LogP contribution in [0.4, 0.5) is 0 Å². The van der Waals surface area contributed by atoms with E-state index in [2.05, 4.69) is 0 Å². The minimum atomic E-state index is -0.381. The maximum absolute atomic E-state index is 12.8. The number of carbonyl (C=O) groups is 1. The number of ether oxygens (including phenoxy) is 1. The number of hydrogen-bond donors (Lipinski definition) is 1. The average molecular weight is 291 g/mol. The summed E-state index contributed by atoms with van der Waals surface area (Å²) >= 11 is 0. The number of likely N-dealkylation sites (tertiary alicyclic amines) is 1. The van der Waals surface area contributed by atoms with E-state index in [0.717, 1.165) is 32.2 Å². The topological polar surface area (TPSA) is 49.8 Å². The van der Waals surface area contributed by atoms with E-state index in [4.69, 9.17) is 4.74 Å². The third kappa shape index (κ3) is 4.21. The van der Waals surface area contributed by atoms with E-state index in [1.807, 2.05) is 23.1 Å². The summed E-state index contributed by atoms with van der Waals surface area (Å²) in [5.41, 5.74) is 0.659. The molecule has 0 aliphatic carbocycles. The SMILES string of the molecule is COc1cccc(C(=O)N2CCCCCC2CC(C)O)c1. The molecule has 1 fully saturated rings. The van der Waals surface area contributed by atoms with Crippen molar-refractivity contribution >= 4 is 5.91 Å². The zero-order chi connectivity index (χ0) is 15.2. The standard InChI is InChI=1S/C17H25NO3/c1-13(19)11-15-8-4-3-5-10-18(15)17(20)14-7-6-9-16(12-14)21-2/h6-7,9,12-13,15,19H,3-5,8,10-11H2,1-2H3. The van der Waals surface area contributed by atoms with Gasteiger partial charge in [-0.25, -0.2) is 0 Å². The normalized spacial score (nSPS) is 20.7. The van der Waals surface area contributed by atoms with Crippen LogP contribution in [0, 0.1) is 0 Å². The molecule has 0 radical (unpaired) electrons. The molecule has 0 aromatic heterocycles. The van der Waals surface area contributed by atoms with Gasteiger partial charge < -0.3 is 14.7 Å². The van der Waals surface area contributed by atoms with Gasteiger partial charge in [-0.15, -0.1) is 0 Å². The number of carbonyl (C=O) groups excluding carboxylic acids is 1. The average Bonchev–Trinajstić information content (AvgIpc) is 2.71. The van der Waals surface area contributed by atoms with E-state index < -0.39 is 0 Å². The summed E-state index contributed by atoms with van der Waals surface area (Å²) < 4.78 is 5.20. The molecule has 1 aromatic rings. The number of amides is 1. The van der Waals surface area contributed by atoms with Crippen LogP contribution in [0.2, 0.25) is 0 Å². The van der Waals surface area contributed by atoms with Crippen molar-refractivity contribution in [2.45, 2.75) is 51.2 Å². The Labute approximate surface area is 126 Å². The van der Waals surface area contributed by atoms with Crippen LogP contribution in [0.25, 0.3) is 0 Å². The fourth-order valence-corrected chi connectivity index (χ4v) is 3.01. The fraction of sp³-hybridized carbons (Fsp3) is 0.588. The van der Waals surface area contributed by atoms with Crippen LogP contribution >= 0.6 is 0 Å². The van der Waals surface area contributed by atoms with Crippen molar-refractivity contribution in [2.75, 3.05) is 13.7 Å². The molecule has 0 spiro atoms. The Morgan fingerprint density at radius 2 is 2.24 bits per heavy atom. The van der Waals surface area contributed by atoms with Gasteiger partial charge in [0.2, 0.25) is 0 Å². The first kappa shape index (κ1) is 15.8. The summed E-state index contributed by atoms with van der Waals surface area (Å²) in [6.45, 7) is 2.56. The molecule has 4 heteroatoms. The van der Waals surface area contributed by atoms with Crippen LogP contribution in [-0.2, 0) is 0 Å². The van der Waals surface area contributed by atoms with Crippen molar-refractivity contribution < 1.29 is 14.6 Å². The number of aliphatic hydroxyl groups excluding tert-OH is 1. The summed E-state index contributed by atoms with van der Waals surface area (Å²) in [5.74, 6) is 0.740. The first-order chi connectivity index (χ1) is 10.1. The Morgan fingerprint density at radius 1 is 1.43 bits per heavy atom. The van der Waals surface area contributed by atoms with Gasteiger partial charge in [-0.1, -0.05) is 18.9 Å². The molecule has 1 aromatic carbocycles. The predicted octanol–water partition coefficient (Wildman–Crippen LogP) is 2.85.